The first-order chi connectivity index (χ1) is 11.8. The number of benzene rings is 1. The largest absolute Gasteiger partial charge is 0.491 e. The number of piperidine rings is 1. The van der Waals surface area contributed by atoms with Crippen LogP contribution in [0.15, 0.2) is 34.3 Å². The van der Waals surface area contributed by atoms with Gasteiger partial charge in [-0.15, -0.1) is 0 Å². The summed E-state index contributed by atoms with van der Waals surface area (Å²) in [5.74, 6) is 1.48. The van der Waals surface area contributed by atoms with Gasteiger partial charge < -0.3 is 20.6 Å². The highest BCUT2D eigenvalue weighted by atomic mass is 32.2. The van der Waals surface area contributed by atoms with Gasteiger partial charge in [0.2, 0.25) is 5.96 Å². The van der Waals surface area contributed by atoms with Crippen molar-refractivity contribution in [1.82, 2.24) is 4.90 Å². The Morgan fingerprint density at radius 3 is 2.48 bits per heavy atom. The zero-order chi connectivity index (χ0) is 18.4. The van der Waals surface area contributed by atoms with Crippen LogP contribution in [0.25, 0.3) is 0 Å². The highest BCUT2D eigenvalue weighted by molar-refractivity contribution is 7.90. The molecule has 1 aliphatic rings. The van der Waals surface area contributed by atoms with E-state index in [2.05, 4.69) is 5.16 Å². The van der Waals surface area contributed by atoms with Crippen LogP contribution in [0, 0.1) is 5.92 Å². The van der Waals surface area contributed by atoms with Crippen molar-refractivity contribution < 1.29 is 18.4 Å². The quantitative estimate of drug-likeness (QED) is 0.344. The fourth-order valence-corrected chi connectivity index (χ4v) is 3.67. The SMILES string of the molecule is C[C@H](CCC1CCN(C(N)=NO)CC1)Oc1ccc(S(C)(=O)=O)cc1. The van der Waals surface area contributed by atoms with Gasteiger partial charge >= 0.3 is 0 Å². The molecule has 25 heavy (non-hydrogen) atoms. The number of rotatable bonds is 6. The molecule has 1 aromatic carbocycles. The molecule has 0 saturated carbocycles. The normalized spacial score (nSPS) is 18.2. The van der Waals surface area contributed by atoms with Gasteiger partial charge in [-0.3, -0.25) is 0 Å². The zero-order valence-corrected chi connectivity index (χ0v) is 15.6. The number of hydrogen-bond donors (Lipinski definition) is 2. The van der Waals surface area contributed by atoms with Gasteiger partial charge in [-0.25, -0.2) is 8.42 Å². The van der Waals surface area contributed by atoms with Gasteiger partial charge in [-0.1, -0.05) is 5.16 Å². The van der Waals surface area contributed by atoms with Crippen LogP contribution in [0.2, 0.25) is 0 Å². The van der Waals surface area contributed by atoms with Gasteiger partial charge in [0, 0.05) is 19.3 Å². The van der Waals surface area contributed by atoms with Gasteiger partial charge in [-0.2, -0.15) is 0 Å². The molecule has 140 valence electrons. The van der Waals surface area contributed by atoms with Crippen LogP contribution in [0.3, 0.4) is 0 Å². The number of likely N-dealkylation sites (tertiary alicyclic amines) is 1. The fourth-order valence-electron chi connectivity index (χ4n) is 3.04. The van der Waals surface area contributed by atoms with E-state index < -0.39 is 9.84 Å². The Morgan fingerprint density at radius 1 is 1.36 bits per heavy atom. The summed E-state index contributed by atoms with van der Waals surface area (Å²) in [7, 11) is -3.18. The number of ether oxygens (including phenoxy) is 1. The van der Waals surface area contributed by atoms with Crippen molar-refractivity contribution in [3.8, 4) is 5.75 Å². The van der Waals surface area contributed by atoms with Crippen LogP contribution >= 0.6 is 0 Å². The van der Waals surface area contributed by atoms with Crippen molar-refractivity contribution in [1.29, 1.82) is 0 Å². The van der Waals surface area contributed by atoms with Crippen LogP contribution in [-0.2, 0) is 9.84 Å². The molecule has 0 aromatic heterocycles. The van der Waals surface area contributed by atoms with Crippen molar-refractivity contribution >= 4 is 15.8 Å². The first-order valence-corrected chi connectivity index (χ1v) is 10.4. The van der Waals surface area contributed by atoms with E-state index >= 15 is 0 Å². The van der Waals surface area contributed by atoms with Gasteiger partial charge in [0.1, 0.15) is 5.75 Å². The summed E-state index contributed by atoms with van der Waals surface area (Å²) >= 11 is 0. The summed E-state index contributed by atoms with van der Waals surface area (Å²) < 4.78 is 28.8. The lowest BCUT2D eigenvalue weighted by Gasteiger charge is -2.32. The lowest BCUT2D eigenvalue weighted by Crippen LogP contribution is -2.42. The molecular weight excluding hydrogens is 342 g/mol. The minimum absolute atomic E-state index is 0.0613. The van der Waals surface area contributed by atoms with E-state index in [1.54, 1.807) is 24.3 Å². The lowest BCUT2D eigenvalue weighted by atomic mass is 9.91. The summed E-state index contributed by atoms with van der Waals surface area (Å²) in [6.07, 6.45) is 5.29. The Labute approximate surface area is 149 Å². The van der Waals surface area contributed by atoms with Crippen LogP contribution < -0.4 is 10.5 Å². The smallest absolute Gasteiger partial charge is 0.233 e. The molecule has 1 atom stereocenters. The van der Waals surface area contributed by atoms with Crippen molar-refractivity contribution in [2.24, 2.45) is 16.8 Å². The second-order valence-electron chi connectivity index (χ2n) is 6.64. The van der Waals surface area contributed by atoms with E-state index in [1.165, 1.54) is 6.26 Å². The standard InChI is InChI=1S/C17H27N3O4S/c1-13(24-15-5-7-16(8-6-15)25(2,22)23)3-4-14-9-11-20(12-10-14)17(18)19-21/h5-8,13-14,21H,3-4,9-12H2,1-2H3,(H2,18,19)/t13-/m1/s1. The highest BCUT2D eigenvalue weighted by Crippen LogP contribution is 2.24. The van der Waals surface area contributed by atoms with Crippen molar-refractivity contribution in [3.63, 3.8) is 0 Å². The Bertz CT molecular complexity index is 680. The molecule has 1 saturated heterocycles. The fraction of sp³-hybridized carbons (Fsp3) is 0.588. The van der Waals surface area contributed by atoms with E-state index in [0.29, 0.717) is 16.6 Å². The first kappa shape index (κ1) is 19.4. The summed E-state index contributed by atoms with van der Waals surface area (Å²) in [5.41, 5.74) is 5.61. The lowest BCUT2D eigenvalue weighted by molar-refractivity contribution is 0.179. The number of sulfone groups is 1. The maximum absolute atomic E-state index is 11.5. The summed E-state index contributed by atoms with van der Waals surface area (Å²) in [6.45, 7) is 3.64. The van der Waals surface area contributed by atoms with Crippen LogP contribution in [-0.4, -0.2) is 49.9 Å². The highest BCUT2D eigenvalue weighted by Gasteiger charge is 2.21. The van der Waals surface area contributed by atoms with E-state index in [1.807, 2.05) is 11.8 Å². The topological polar surface area (TPSA) is 105 Å². The summed E-state index contributed by atoms with van der Waals surface area (Å²) in [4.78, 5) is 2.18. The summed E-state index contributed by atoms with van der Waals surface area (Å²) in [6, 6.07) is 6.53. The maximum Gasteiger partial charge on any atom is 0.233 e. The second kappa shape index (κ2) is 8.42. The maximum atomic E-state index is 11.5. The molecule has 0 spiro atoms. The minimum Gasteiger partial charge on any atom is -0.491 e. The molecule has 1 aliphatic heterocycles. The van der Waals surface area contributed by atoms with Gasteiger partial charge in [0.25, 0.3) is 0 Å². The molecule has 0 aliphatic carbocycles. The molecule has 0 amide bonds. The molecule has 7 nitrogen and oxygen atoms in total. The second-order valence-corrected chi connectivity index (χ2v) is 8.65. The van der Waals surface area contributed by atoms with Crippen molar-refractivity contribution in [3.05, 3.63) is 24.3 Å². The molecule has 8 heteroatoms. The predicted molar refractivity (Wildman–Crippen MR) is 96.6 cm³/mol. The van der Waals surface area contributed by atoms with E-state index in [9.17, 15) is 8.42 Å². The Kier molecular flexibility index (Phi) is 6.52. The van der Waals surface area contributed by atoms with Gasteiger partial charge in [-0.05, 0) is 62.8 Å². The molecule has 2 rings (SSSR count). The van der Waals surface area contributed by atoms with Crippen LogP contribution in [0.1, 0.15) is 32.6 Å². The Hall–Kier alpha value is -1.96. The van der Waals surface area contributed by atoms with Crippen molar-refractivity contribution in [2.45, 2.75) is 43.6 Å². The molecule has 1 heterocycles. The third-order valence-electron chi connectivity index (χ3n) is 4.61. The minimum atomic E-state index is -3.18. The average Bonchev–Trinajstić information content (AvgIpc) is 2.59. The van der Waals surface area contributed by atoms with Gasteiger partial charge in [0.15, 0.2) is 9.84 Å². The number of nitrogens with two attached hydrogens (primary N) is 1. The monoisotopic (exact) mass is 369 g/mol. The predicted octanol–water partition coefficient (Wildman–Crippen LogP) is 2.05. The molecule has 0 radical (unpaired) electrons. The molecule has 0 unspecified atom stereocenters. The third kappa shape index (κ3) is 5.81. The average molecular weight is 369 g/mol. The molecular formula is C17H27N3O4S. The summed E-state index contributed by atoms with van der Waals surface area (Å²) in [5, 5.41) is 11.7. The molecule has 1 fully saturated rings. The number of nitrogens with zero attached hydrogens (tertiary/aromatic N) is 2. The van der Waals surface area contributed by atoms with E-state index in [-0.39, 0.29) is 12.1 Å². The molecule has 0 bridgehead atoms. The number of hydrogen-bond acceptors (Lipinski definition) is 5. The van der Waals surface area contributed by atoms with E-state index in [0.717, 1.165) is 38.8 Å². The Balaban J connectivity index is 1.75. The van der Waals surface area contributed by atoms with Crippen molar-refractivity contribution in [2.75, 3.05) is 19.3 Å². The number of guanidine groups is 1. The first-order valence-electron chi connectivity index (χ1n) is 8.49. The van der Waals surface area contributed by atoms with Crippen LogP contribution in [0.5, 0.6) is 5.75 Å². The Morgan fingerprint density at radius 2 is 1.96 bits per heavy atom. The van der Waals surface area contributed by atoms with Gasteiger partial charge in [0.05, 0.1) is 11.0 Å². The molecule has 1 aromatic rings. The van der Waals surface area contributed by atoms with Crippen LogP contribution in [0.4, 0.5) is 0 Å². The molecule has 3 N–H and O–H groups in total. The number of oxime groups is 1. The zero-order valence-electron chi connectivity index (χ0n) is 14.8. The third-order valence-corrected chi connectivity index (χ3v) is 5.74. The van der Waals surface area contributed by atoms with E-state index in [4.69, 9.17) is 15.7 Å².